The van der Waals surface area contributed by atoms with E-state index in [1.807, 2.05) is 6.07 Å². The molecule has 0 bridgehead atoms. The zero-order valence-corrected chi connectivity index (χ0v) is 16.6. The fourth-order valence-electron chi connectivity index (χ4n) is 4.57. The van der Waals surface area contributed by atoms with Crippen LogP contribution in [0.5, 0.6) is 0 Å². The molecule has 2 aromatic rings. The number of amides is 1. The molecule has 0 aliphatic carbocycles. The van der Waals surface area contributed by atoms with Gasteiger partial charge in [-0.15, -0.1) is 0 Å². The molecule has 0 unspecified atom stereocenters. The van der Waals surface area contributed by atoms with E-state index in [4.69, 9.17) is 10.3 Å². The third-order valence-corrected chi connectivity index (χ3v) is 6.22. The van der Waals surface area contributed by atoms with Crippen LogP contribution in [0, 0.1) is 5.82 Å². The summed E-state index contributed by atoms with van der Waals surface area (Å²) in [6.07, 6.45) is 5.39. The van der Waals surface area contributed by atoms with Crippen molar-refractivity contribution < 1.29 is 13.7 Å². The Morgan fingerprint density at radius 2 is 1.93 bits per heavy atom. The summed E-state index contributed by atoms with van der Waals surface area (Å²) in [4.78, 5) is 21.3. The van der Waals surface area contributed by atoms with Crippen molar-refractivity contribution in [1.29, 1.82) is 0 Å². The number of primary amides is 1. The van der Waals surface area contributed by atoms with Crippen LogP contribution in [0.2, 0.25) is 0 Å². The Balaban J connectivity index is 1.34. The summed E-state index contributed by atoms with van der Waals surface area (Å²) < 4.78 is 18.7. The van der Waals surface area contributed by atoms with Gasteiger partial charge in [-0.1, -0.05) is 23.7 Å². The van der Waals surface area contributed by atoms with Crippen LogP contribution in [0.4, 0.5) is 4.39 Å². The molecule has 2 aliphatic heterocycles. The van der Waals surface area contributed by atoms with Crippen LogP contribution in [0.15, 0.2) is 28.8 Å². The molecule has 29 heavy (non-hydrogen) atoms. The van der Waals surface area contributed by atoms with E-state index in [-0.39, 0.29) is 11.7 Å². The van der Waals surface area contributed by atoms with Crippen LogP contribution >= 0.6 is 0 Å². The van der Waals surface area contributed by atoms with Gasteiger partial charge in [0.2, 0.25) is 11.8 Å². The third kappa shape index (κ3) is 4.48. The van der Waals surface area contributed by atoms with Crippen LogP contribution in [0.1, 0.15) is 49.4 Å². The monoisotopic (exact) mass is 401 g/mol. The topological polar surface area (TPSA) is 88.5 Å². The fourth-order valence-corrected chi connectivity index (χ4v) is 4.57. The Morgan fingerprint density at radius 3 is 2.62 bits per heavy atom. The Hall–Kier alpha value is -2.32. The summed E-state index contributed by atoms with van der Waals surface area (Å²) in [5, 5.41) is 4.02. The lowest BCUT2D eigenvalue weighted by Crippen LogP contribution is -2.63. The number of halogens is 1. The summed E-state index contributed by atoms with van der Waals surface area (Å²) in [5.41, 5.74) is 6.14. The summed E-state index contributed by atoms with van der Waals surface area (Å²) in [6, 6.07) is 6.41. The molecule has 0 saturated carbocycles. The van der Waals surface area contributed by atoms with Crippen molar-refractivity contribution >= 4 is 5.91 Å². The highest BCUT2D eigenvalue weighted by molar-refractivity contribution is 5.84. The largest absolute Gasteiger partial charge is 0.368 e. The molecule has 8 heteroatoms. The number of likely N-dealkylation sites (tertiary alicyclic amines) is 2. The first-order chi connectivity index (χ1) is 14.0. The molecule has 2 aliphatic rings. The smallest absolute Gasteiger partial charge is 0.240 e. The zero-order chi connectivity index (χ0) is 20.3. The molecule has 3 heterocycles. The Kier molecular flexibility index (Phi) is 5.91. The Bertz CT molecular complexity index is 841. The van der Waals surface area contributed by atoms with Crippen molar-refractivity contribution in [2.45, 2.75) is 50.6 Å². The summed E-state index contributed by atoms with van der Waals surface area (Å²) in [6.45, 7) is 3.99. The van der Waals surface area contributed by atoms with Gasteiger partial charge in [-0.3, -0.25) is 14.6 Å². The van der Waals surface area contributed by atoms with Crippen LogP contribution in [0.25, 0.3) is 0 Å². The Morgan fingerprint density at radius 1 is 1.17 bits per heavy atom. The lowest BCUT2D eigenvalue weighted by atomic mass is 9.83. The van der Waals surface area contributed by atoms with Gasteiger partial charge in [0, 0.05) is 19.5 Å². The van der Waals surface area contributed by atoms with E-state index in [2.05, 4.69) is 19.9 Å². The number of nitrogens with zero attached hydrogens (tertiary/aromatic N) is 4. The first-order valence-corrected chi connectivity index (χ1v) is 10.4. The van der Waals surface area contributed by atoms with E-state index in [9.17, 15) is 9.18 Å². The van der Waals surface area contributed by atoms with Crippen LogP contribution < -0.4 is 5.73 Å². The number of hydrogen-bond acceptors (Lipinski definition) is 6. The first-order valence-electron chi connectivity index (χ1n) is 10.4. The van der Waals surface area contributed by atoms with E-state index in [0.717, 1.165) is 57.4 Å². The minimum absolute atomic E-state index is 0.200. The van der Waals surface area contributed by atoms with Gasteiger partial charge in [-0.25, -0.2) is 4.39 Å². The second-order valence-corrected chi connectivity index (χ2v) is 8.13. The molecule has 1 aromatic carbocycles. The van der Waals surface area contributed by atoms with Crippen molar-refractivity contribution in [1.82, 2.24) is 19.9 Å². The van der Waals surface area contributed by atoms with Gasteiger partial charge in [-0.05, 0) is 56.5 Å². The summed E-state index contributed by atoms with van der Waals surface area (Å²) in [5.74, 6) is 0.615. The van der Waals surface area contributed by atoms with E-state index < -0.39 is 5.54 Å². The normalized spacial score (nSPS) is 20.6. The SMILES string of the molecule is NC(=O)C1(N2CCCCC2)CCN(Cc2nc(Cc3cccc(F)c3)no2)CC1. The van der Waals surface area contributed by atoms with Gasteiger partial charge >= 0.3 is 0 Å². The Labute approximate surface area is 170 Å². The minimum atomic E-state index is -0.520. The average Bonchev–Trinajstić information content (AvgIpc) is 3.16. The number of benzene rings is 1. The summed E-state index contributed by atoms with van der Waals surface area (Å²) in [7, 11) is 0. The van der Waals surface area contributed by atoms with Crippen molar-refractivity contribution in [2.24, 2.45) is 5.73 Å². The molecule has 4 rings (SSSR count). The molecular formula is C21H28FN5O2. The van der Waals surface area contributed by atoms with Gasteiger partial charge < -0.3 is 10.3 Å². The van der Waals surface area contributed by atoms with Gasteiger partial charge in [0.15, 0.2) is 5.82 Å². The number of nitrogens with two attached hydrogens (primary N) is 1. The molecule has 2 fully saturated rings. The molecular weight excluding hydrogens is 373 g/mol. The second kappa shape index (κ2) is 8.59. The zero-order valence-electron chi connectivity index (χ0n) is 16.6. The van der Waals surface area contributed by atoms with Gasteiger partial charge in [0.25, 0.3) is 0 Å². The quantitative estimate of drug-likeness (QED) is 0.798. The van der Waals surface area contributed by atoms with Crippen LogP contribution in [-0.2, 0) is 17.8 Å². The van der Waals surface area contributed by atoms with Crippen LogP contribution in [0.3, 0.4) is 0 Å². The predicted octanol–water partition coefficient (Wildman–Crippen LogP) is 2.11. The molecule has 1 amide bonds. The highest BCUT2D eigenvalue weighted by Gasteiger charge is 2.45. The summed E-state index contributed by atoms with van der Waals surface area (Å²) >= 11 is 0. The second-order valence-electron chi connectivity index (χ2n) is 8.13. The maximum Gasteiger partial charge on any atom is 0.240 e. The highest BCUT2D eigenvalue weighted by atomic mass is 19.1. The van der Waals surface area contributed by atoms with E-state index in [0.29, 0.717) is 24.7 Å². The predicted molar refractivity (Wildman–Crippen MR) is 105 cm³/mol. The van der Waals surface area contributed by atoms with E-state index in [1.54, 1.807) is 6.07 Å². The highest BCUT2D eigenvalue weighted by Crippen LogP contribution is 2.32. The van der Waals surface area contributed by atoms with Gasteiger partial charge in [0.05, 0.1) is 6.54 Å². The van der Waals surface area contributed by atoms with Gasteiger partial charge in [0.1, 0.15) is 11.4 Å². The number of hydrogen-bond donors (Lipinski definition) is 1. The molecule has 156 valence electrons. The van der Waals surface area contributed by atoms with Crippen LogP contribution in [-0.4, -0.2) is 57.6 Å². The van der Waals surface area contributed by atoms with Crippen molar-refractivity contribution in [2.75, 3.05) is 26.2 Å². The number of rotatable bonds is 6. The van der Waals surface area contributed by atoms with Crippen molar-refractivity contribution in [3.63, 3.8) is 0 Å². The number of piperidine rings is 2. The molecule has 1 aromatic heterocycles. The maximum atomic E-state index is 13.3. The lowest BCUT2D eigenvalue weighted by molar-refractivity contribution is -0.135. The fraction of sp³-hybridized carbons (Fsp3) is 0.571. The average molecular weight is 401 g/mol. The number of carbonyl (C=O) groups excluding carboxylic acids is 1. The maximum absolute atomic E-state index is 13.3. The standard InChI is InChI=1S/C21H28FN5O2/c22-17-6-4-5-16(13-17)14-18-24-19(29-25-18)15-26-11-7-21(8-12-26,20(23)28)27-9-2-1-3-10-27/h4-6,13H,1-3,7-12,14-15H2,(H2,23,28). The van der Waals surface area contributed by atoms with Crippen molar-refractivity contribution in [3.8, 4) is 0 Å². The van der Waals surface area contributed by atoms with Gasteiger partial charge in [-0.2, -0.15) is 4.98 Å². The molecule has 2 N–H and O–H groups in total. The first kappa shape index (κ1) is 20.0. The lowest BCUT2D eigenvalue weighted by Gasteiger charge is -2.48. The third-order valence-electron chi connectivity index (χ3n) is 6.22. The molecule has 2 saturated heterocycles. The molecule has 0 spiro atoms. The molecule has 0 radical (unpaired) electrons. The number of carbonyl (C=O) groups is 1. The van der Waals surface area contributed by atoms with E-state index in [1.165, 1.54) is 18.6 Å². The number of aromatic nitrogens is 2. The molecule has 0 atom stereocenters. The minimum Gasteiger partial charge on any atom is -0.368 e. The molecule has 7 nitrogen and oxygen atoms in total. The van der Waals surface area contributed by atoms with Crippen molar-refractivity contribution in [3.05, 3.63) is 47.4 Å². The van der Waals surface area contributed by atoms with E-state index >= 15 is 0 Å².